The highest BCUT2D eigenvalue weighted by Crippen LogP contribution is 2.53. The first-order valence-electron chi connectivity index (χ1n) is 19.2. The Morgan fingerprint density at radius 1 is 0.436 bits per heavy atom. The molecule has 0 bridgehead atoms. The molecule has 1 aliphatic rings. The highest BCUT2D eigenvalue weighted by Gasteiger charge is 2.37. The molecule has 0 saturated heterocycles. The molecule has 9 aromatic carbocycles. The predicted molar refractivity (Wildman–Crippen MR) is 233 cm³/mol. The number of aromatic nitrogens is 1. The third-order valence-electron chi connectivity index (χ3n) is 11.9. The molecule has 0 unspecified atom stereocenters. The molecule has 1 heterocycles. The van der Waals surface area contributed by atoms with Crippen molar-refractivity contribution in [3.8, 4) is 27.9 Å². The fraction of sp³-hybridized carbons (Fsp3) is 0.0566. The number of nitrogens with zero attached hydrogens (tertiary/aromatic N) is 2. The molecule has 0 N–H and O–H groups in total. The molecule has 0 fully saturated rings. The van der Waals surface area contributed by atoms with E-state index in [1.165, 1.54) is 76.7 Å². The minimum atomic E-state index is -0.139. The summed E-state index contributed by atoms with van der Waals surface area (Å²) in [6.45, 7) is 4.79. The first-order chi connectivity index (χ1) is 27.1. The smallest absolute Gasteiger partial charge is 0.0622 e. The number of hydrogen-bond acceptors (Lipinski definition) is 1. The molecule has 0 radical (unpaired) electrons. The molecular formula is C53H38N2. The van der Waals surface area contributed by atoms with Crippen molar-refractivity contribution in [1.29, 1.82) is 0 Å². The number of hydrogen-bond donors (Lipinski definition) is 0. The Kier molecular flexibility index (Phi) is 6.93. The molecule has 0 aliphatic heterocycles. The maximum absolute atomic E-state index is 2.51. The van der Waals surface area contributed by atoms with Crippen LogP contribution in [0.3, 0.4) is 0 Å². The molecule has 0 saturated carbocycles. The molecule has 0 amide bonds. The summed E-state index contributed by atoms with van der Waals surface area (Å²) >= 11 is 0. The van der Waals surface area contributed by atoms with Gasteiger partial charge in [-0.15, -0.1) is 0 Å². The third kappa shape index (κ3) is 4.74. The lowest BCUT2D eigenvalue weighted by Gasteiger charge is -2.27. The largest absolute Gasteiger partial charge is 0.310 e. The van der Waals surface area contributed by atoms with Crippen LogP contribution in [0.15, 0.2) is 194 Å². The Labute approximate surface area is 321 Å². The quantitative estimate of drug-likeness (QED) is 0.173. The molecule has 2 nitrogen and oxygen atoms in total. The van der Waals surface area contributed by atoms with Crippen molar-refractivity contribution in [3.63, 3.8) is 0 Å². The van der Waals surface area contributed by atoms with Crippen LogP contribution in [0.1, 0.15) is 25.0 Å². The second-order valence-electron chi connectivity index (χ2n) is 15.3. The van der Waals surface area contributed by atoms with E-state index in [9.17, 15) is 0 Å². The summed E-state index contributed by atoms with van der Waals surface area (Å²) in [5.41, 5.74) is 14.8. The zero-order valence-corrected chi connectivity index (χ0v) is 30.9. The van der Waals surface area contributed by atoms with Crippen LogP contribution in [-0.2, 0) is 5.41 Å². The molecule has 11 rings (SSSR count). The van der Waals surface area contributed by atoms with E-state index in [0.717, 1.165) is 22.7 Å². The van der Waals surface area contributed by atoms with Gasteiger partial charge in [0.1, 0.15) is 0 Å². The topological polar surface area (TPSA) is 8.17 Å². The number of anilines is 3. The van der Waals surface area contributed by atoms with Crippen LogP contribution in [-0.4, -0.2) is 4.57 Å². The van der Waals surface area contributed by atoms with Crippen molar-refractivity contribution in [2.75, 3.05) is 4.90 Å². The minimum Gasteiger partial charge on any atom is -0.310 e. The predicted octanol–water partition coefficient (Wildman–Crippen LogP) is 14.5. The van der Waals surface area contributed by atoms with E-state index in [0.29, 0.717) is 0 Å². The van der Waals surface area contributed by atoms with Gasteiger partial charge in [0.25, 0.3) is 0 Å². The lowest BCUT2D eigenvalue weighted by molar-refractivity contribution is 0.666. The molecule has 1 aliphatic carbocycles. The lowest BCUT2D eigenvalue weighted by atomic mass is 9.80. The first kappa shape index (κ1) is 31.6. The van der Waals surface area contributed by atoms with Gasteiger partial charge in [-0.2, -0.15) is 0 Å². The molecule has 0 spiro atoms. The van der Waals surface area contributed by atoms with Crippen molar-refractivity contribution in [2.24, 2.45) is 0 Å². The lowest BCUT2D eigenvalue weighted by Crippen LogP contribution is -2.15. The summed E-state index contributed by atoms with van der Waals surface area (Å²) < 4.78 is 2.51. The fourth-order valence-electron chi connectivity index (χ4n) is 9.42. The Bertz CT molecular complexity index is 3090. The summed E-state index contributed by atoms with van der Waals surface area (Å²) in [6, 6.07) is 71.2. The van der Waals surface area contributed by atoms with E-state index in [-0.39, 0.29) is 5.41 Å². The van der Waals surface area contributed by atoms with Crippen LogP contribution in [0, 0.1) is 0 Å². The van der Waals surface area contributed by atoms with Gasteiger partial charge in [0.2, 0.25) is 0 Å². The molecular weight excluding hydrogens is 665 g/mol. The molecule has 10 aromatic rings. The second kappa shape index (κ2) is 12.1. The zero-order valence-electron chi connectivity index (χ0n) is 30.9. The van der Waals surface area contributed by atoms with E-state index in [1.807, 2.05) is 0 Å². The van der Waals surface area contributed by atoms with E-state index >= 15 is 0 Å². The average molecular weight is 703 g/mol. The Balaban J connectivity index is 1.12. The van der Waals surface area contributed by atoms with Crippen molar-refractivity contribution < 1.29 is 0 Å². The summed E-state index contributed by atoms with van der Waals surface area (Å²) in [7, 11) is 0. The number of para-hydroxylation sites is 1. The van der Waals surface area contributed by atoms with Gasteiger partial charge in [-0.3, -0.25) is 0 Å². The average Bonchev–Trinajstić information content (AvgIpc) is 3.70. The van der Waals surface area contributed by atoms with Crippen molar-refractivity contribution in [3.05, 3.63) is 205 Å². The van der Waals surface area contributed by atoms with E-state index in [1.54, 1.807) is 0 Å². The standard InChI is InChI=1S/C53H38N2/c1-53(2)47-20-10-8-18-43(47)45-33-25-38-26-34-46-44-19-9-11-21-49(44)55(52(46)50(38)51(45)53)41-31-29-40(30-32-41)54(48-22-12-16-37-15-6-7-17-42(37)48)39-27-23-36(24-28-39)35-13-4-3-5-14-35/h3-34H,1-2H3. The van der Waals surface area contributed by atoms with Crippen LogP contribution in [0.2, 0.25) is 0 Å². The van der Waals surface area contributed by atoms with Gasteiger partial charge in [0.15, 0.2) is 0 Å². The molecule has 0 atom stereocenters. The molecule has 2 heteroatoms. The number of benzene rings is 9. The zero-order chi connectivity index (χ0) is 36.7. The van der Waals surface area contributed by atoms with Gasteiger partial charge in [-0.1, -0.05) is 159 Å². The maximum Gasteiger partial charge on any atom is 0.0622 e. The summed E-state index contributed by atoms with van der Waals surface area (Å²) in [4.78, 5) is 2.40. The van der Waals surface area contributed by atoms with Gasteiger partial charge in [0.05, 0.1) is 16.7 Å². The summed E-state index contributed by atoms with van der Waals surface area (Å²) in [6.07, 6.45) is 0. The van der Waals surface area contributed by atoms with E-state index in [4.69, 9.17) is 0 Å². The Morgan fingerprint density at radius 3 is 1.89 bits per heavy atom. The third-order valence-corrected chi connectivity index (χ3v) is 11.9. The van der Waals surface area contributed by atoms with Crippen LogP contribution in [0.4, 0.5) is 17.1 Å². The molecule has 1 aromatic heterocycles. The van der Waals surface area contributed by atoms with Gasteiger partial charge in [0, 0.05) is 44.0 Å². The SMILES string of the molecule is CC1(C)c2ccccc2-c2ccc3ccc4c5ccccc5n(-c5ccc(N(c6ccc(-c7ccccc7)cc6)c6cccc7ccccc67)cc5)c4c3c21. The van der Waals surface area contributed by atoms with Crippen molar-refractivity contribution in [1.82, 2.24) is 4.57 Å². The normalized spacial score (nSPS) is 13.1. The Hall–Kier alpha value is -6.90. The number of fused-ring (bicyclic) bond motifs is 10. The van der Waals surface area contributed by atoms with Gasteiger partial charge >= 0.3 is 0 Å². The summed E-state index contributed by atoms with van der Waals surface area (Å²) in [5.74, 6) is 0. The van der Waals surface area contributed by atoms with E-state index in [2.05, 4.69) is 217 Å². The summed E-state index contributed by atoms with van der Waals surface area (Å²) in [5, 5.41) is 7.60. The van der Waals surface area contributed by atoms with Crippen LogP contribution < -0.4 is 4.90 Å². The number of rotatable bonds is 5. The monoisotopic (exact) mass is 702 g/mol. The fourth-order valence-corrected chi connectivity index (χ4v) is 9.42. The second-order valence-corrected chi connectivity index (χ2v) is 15.3. The molecule has 55 heavy (non-hydrogen) atoms. The highest BCUT2D eigenvalue weighted by molar-refractivity contribution is 6.21. The molecule has 260 valence electrons. The Morgan fingerprint density at radius 2 is 1.07 bits per heavy atom. The van der Waals surface area contributed by atoms with Gasteiger partial charge in [-0.25, -0.2) is 0 Å². The van der Waals surface area contributed by atoms with Crippen LogP contribution >= 0.6 is 0 Å². The van der Waals surface area contributed by atoms with Gasteiger partial charge in [-0.05, 0) is 92.7 Å². The van der Waals surface area contributed by atoms with Gasteiger partial charge < -0.3 is 9.47 Å². The van der Waals surface area contributed by atoms with E-state index < -0.39 is 0 Å². The first-order valence-corrected chi connectivity index (χ1v) is 19.2. The van der Waals surface area contributed by atoms with Crippen LogP contribution in [0.5, 0.6) is 0 Å². The minimum absolute atomic E-state index is 0.139. The van der Waals surface area contributed by atoms with Crippen molar-refractivity contribution >= 4 is 60.4 Å². The van der Waals surface area contributed by atoms with Crippen molar-refractivity contribution in [2.45, 2.75) is 19.3 Å². The van der Waals surface area contributed by atoms with Crippen LogP contribution in [0.25, 0.3) is 71.3 Å². The maximum atomic E-state index is 2.51. The highest BCUT2D eigenvalue weighted by atomic mass is 15.1.